The van der Waals surface area contributed by atoms with E-state index in [-0.39, 0.29) is 0 Å². The minimum Gasteiger partial charge on any atom is -0.389 e. The monoisotopic (exact) mass is 272 g/mol. The van der Waals surface area contributed by atoms with Crippen LogP contribution in [0, 0.1) is 5.92 Å². The van der Waals surface area contributed by atoms with Gasteiger partial charge in [0, 0.05) is 30.9 Å². The van der Waals surface area contributed by atoms with Crippen LogP contribution in [0.15, 0.2) is 36.7 Å². The second kappa shape index (κ2) is 6.33. The quantitative estimate of drug-likeness (QED) is 0.849. The summed E-state index contributed by atoms with van der Waals surface area (Å²) >= 11 is 0. The number of fused-ring (bicyclic) bond motifs is 1. The average molecular weight is 272 g/mol. The summed E-state index contributed by atoms with van der Waals surface area (Å²) in [6.45, 7) is 7.52. The summed E-state index contributed by atoms with van der Waals surface area (Å²) in [5.74, 6) is 0.496. The summed E-state index contributed by atoms with van der Waals surface area (Å²) in [7, 11) is 0. The molecule has 0 saturated heterocycles. The van der Waals surface area contributed by atoms with Gasteiger partial charge in [0.25, 0.3) is 0 Å². The van der Waals surface area contributed by atoms with Crippen LogP contribution >= 0.6 is 0 Å². The molecule has 1 aromatic heterocycles. The zero-order valence-electron chi connectivity index (χ0n) is 12.6. The lowest BCUT2D eigenvalue weighted by molar-refractivity contribution is 0.0383. The van der Waals surface area contributed by atoms with E-state index in [1.807, 2.05) is 31.5 Å². The van der Waals surface area contributed by atoms with Crippen molar-refractivity contribution in [1.82, 2.24) is 10.3 Å². The van der Waals surface area contributed by atoms with E-state index in [4.69, 9.17) is 0 Å². The minimum atomic E-state index is -0.652. The molecule has 0 aliphatic carbocycles. The van der Waals surface area contributed by atoms with Crippen LogP contribution in [0.25, 0.3) is 10.8 Å². The van der Waals surface area contributed by atoms with Crippen molar-refractivity contribution in [3.63, 3.8) is 0 Å². The molecule has 1 unspecified atom stereocenters. The summed E-state index contributed by atoms with van der Waals surface area (Å²) in [5.41, 5.74) is 0.588. The van der Waals surface area contributed by atoms with Crippen LogP contribution < -0.4 is 5.32 Å². The van der Waals surface area contributed by atoms with Crippen molar-refractivity contribution in [3.05, 3.63) is 42.2 Å². The molecule has 0 radical (unpaired) electrons. The maximum Gasteiger partial charge on any atom is 0.0746 e. The van der Waals surface area contributed by atoms with Crippen molar-refractivity contribution in [1.29, 1.82) is 0 Å². The first-order chi connectivity index (χ1) is 9.48. The van der Waals surface area contributed by atoms with Crippen molar-refractivity contribution >= 4 is 10.8 Å². The Bertz CT molecular complexity index is 558. The van der Waals surface area contributed by atoms with Crippen LogP contribution in [-0.4, -0.2) is 22.2 Å². The molecule has 0 aliphatic rings. The van der Waals surface area contributed by atoms with Crippen molar-refractivity contribution in [3.8, 4) is 0 Å². The lowest BCUT2D eigenvalue weighted by atomic mass is 9.94. The van der Waals surface area contributed by atoms with Gasteiger partial charge in [-0.1, -0.05) is 32.0 Å². The first-order valence-corrected chi connectivity index (χ1v) is 7.23. The highest BCUT2D eigenvalue weighted by atomic mass is 16.3. The molecule has 2 N–H and O–H groups in total. The van der Waals surface area contributed by atoms with E-state index in [1.54, 1.807) is 0 Å². The Balaban J connectivity index is 2.00. The van der Waals surface area contributed by atoms with E-state index in [0.29, 0.717) is 12.5 Å². The fourth-order valence-corrected chi connectivity index (χ4v) is 2.76. The third kappa shape index (κ3) is 4.02. The van der Waals surface area contributed by atoms with Crippen molar-refractivity contribution in [2.45, 2.75) is 39.3 Å². The average Bonchev–Trinajstić information content (AvgIpc) is 2.37. The van der Waals surface area contributed by atoms with E-state index < -0.39 is 5.60 Å². The molecule has 20 heavy (non-hydrogen) atoms. The molecule has 1 heterocycles. The number of hydrogen-bond donors (Lipinski definition) is 2. The van der Waals surface area contributed by atoms with Gasteiger partial charge < -0.3 is 10.4 Å². The molecule has 3 heteroatoms. The first kappa shape index (κ1) is 14.9. The molecule has 0 aliphatic heterocycles. The Morgan fingerprint density at radius 1 is 1.30 bits per heavy atom. The van der Waals surface area contributed by atoms with E-state index in [0.717, 1.165) is 18.4 Å². The number of nitrogens with one attached hydrogen (secondary N) is 1. The Morgan fingerprint density at radius 3 is 2.85 bits per heavy atom. The largest absolute Gasteiger partial charge is 0.389 e. The van der Waals surface area contributed by atoms with E-state index in [9.17, 15) is 5.11 Å². The van der Waals surface area contributed by atoms with Gasteiger partial charge in [0.15, 0.2) is 0 Å². The molecule has 0 saturated carbocycles. The SMILES string of the molecule is CC(C)CC(C)(O)CNCc1cccc2cnccc12. The van der Waals surface area contributed by atoms with Crippen molar-refractivity contribution in [2.24, 2.45) is 5.92 Å². The fourth-order valence-electron chi connectivity index (χ4n) is 2.76. The lowest BCUT2D eigenvalue weighted by Gasteiger charge is -2.25. The van der Waals surface area contributed by atoms with Crippen molar-refractivity contribution in [2.75, 3.05) is 6.54 Å². The molecular formula is C17H24N2O. The highest BCUT2D eigenvalue weighted by Crippen LogP contribution is 2.18. The number of rotatable bonds is 6. The summed E-state index contributed by atoms with van der Waals surface area (Å²) in [6.07, 6.45) is 4.51. The summed E-state index contributed by atoms with van der Waals surface area (Å²) in [4.78, 5) is 4.15. The standard InChI is InChI=1S/C17H24N2O/c1-13(2)9-17(3,20)12-19-11-15-6-4-5-14-10-18-8-7-16(14)15/h4-8,10,13,19-20H,9,11-12H2,1-3H3. The molecule has 1 aromatic carbocycles. The van der Waals surface area contributed by atoms with Crippen LogP contribution in [0.3, 0.4) is 0 Å². The number of hydrogen-bond acceptors (Lipinski definition) is 3. The van der Waals surface area contributed by atoms with Gasteiger partial charge in [-0.15, -0.1) is 0 Å². The Morgan fingerprint density at radius 2 is 2.10 bits per heavy atom. The highest BCUT2D eigenvalue weighted by molar-refractivity contribution is 5.84. The van der Waals surface area contributed by atoms with Gasteiger partial charge >= 0.3 is 0 Å². The predicted molar refractivity (Wildman–Crippen MR) is 83.5 cm³/mol. The molecule has 3 nitrogen and oxygen atoms in total. The third-order valence-electron chi connectivity index (χ3n) is 3.44. The minimum absolute atomic E-state index is 0.496. The van der Waals surface area contributed by atoms with Crippen LogP contribution in [0.4, 0.5) is 0 Å². The maximum atomic E-state index is 10.3. The molecule has 2 aromatic rings. The Kier molecular flexibility index (Phi) is 4.73. The van der Waals surface area contributed by atoms with Crippen LogP contribution in [0.5, 0.6) is 0 Å². The smallest absolute Gasteiger partial charge is 0.0746 e. The molecule has 0 amide bonds. The van der Waals surface area contributed by atoms with Crippen molar-refractivity contribution < 1.29 is 5.11 Å². The first-order valence-electron chi connectivity index (χ1n) is 7.23. The Labute approximate surface area is 121 Å². The summed E-state index contributed by atoms with van der Waals surface area (Å²) in [5, 5.41) is 16.0. The molecule has 108 valence electrons. The second-order valence-corrected chi connectivity index (χ2v) is 6.21. The normalized spacial score (nSPS) is 14.7. The molecular weight excluding hydrogens is 248 g/mol. The molecule has 2 rings (SSSR count). The molecule has 1 atom stereocenters. The highest BCUT2D eigenvalue weighted by Gasteiger charge is 2.21. The summed E-state index contributed by atoms with van der Waals surface area (Å²) < 4.78 is 0. The maximum absolute atomic E-state index is 10.3. The van der Waals surface area contributed by atoms with Crippen LogP contribution in [0.2, 0.25) is 0 Å². The number of aliphatic hydroxyl groups is 1. The van der Waals surface area contributed by atoms with Gasteiger partial charge in [-0.3, -0.25) is 4.98 Å². The van der Waals surface area contributed by atoms with Gasteiger partial charge in [-0.2, -0.15) is 0 Å². The van der Waals surface area contributed by atoms with E-state index in [1.165, 1.54) is 10.9 Å². The second-order valence-electron chi connectivity index (χ2n) is 6.21. The van der Waals surface area contributed by atoms with E-state index in [2.05, 4.69) is 36.3 Å². The summed E-state index contributed by atoms with van der Waals surface area (Å²) in [6, 6.07) is 8.28. The molecule has 0 bridgehead atoms. The van der Waals surface area contributed by atoms with Gasteiger partial charge in [0.2, 0.25) is 0 Å². The molecule has 0 fully saturated rings. The number of nitrogens with zero attached hydrogens (tertiary/aromatic N) is 1. The van der Waals surface area contributed by atoms with Crippen LogP contribution in [-0.2, 0) is 6.54 Å². The number of pyridine rings is 1. The predicted octanol–water partition coefficient (Wildman–Crippen LogP) is 3.12. The van der Waals surface area contributed by atoms with Crippen LogP contribution in [0.1, 0.15) is 32.8 Å². The Hall–Kier alpha value is -1.45. The van der Waals surface area contributed by atoms with Gasteiger partial charge in [0.1, 0.15) is 0 Å². The van der Waals surface area contributed by atoms with E-state index >= 15 is 0 Å². The lowest BCUT2D eigenvalue weighted by Crippen LogP contribution is -2.38. The third-order valence-corrected chi connectivity index (χ3v) is 3.44. The van der Waals surface area contributed by atoms with Gasteiger partial charge in [0.05, 0.1) is 5.60 Å². The topological polar surface area (TPSA) is 45.1 Å². The van der Waals surface area contributed by atoms with Gasteiger partial charge in [-0.25, -0.2) is 0 Å². The number of aromatic nitrogens is 1. The zero-order chi connectivity index (χ0) is 14.6. The van der Waals surface area contributed by atoms with Gasteiger partial charge in [-0.05, 0) is 36.3 Å². The number of benzene rings is 1. The molecule has 0 spiro atoms. The zero-order valence-corrected chi connectivity index (χ0v) is 12.6. The fraction of sp³-hybridized carbons (Fsp3) is 0.471.